The van der Waals surface area contributed by atoms with Gasteiger partial charge in [-0.1, -0.05) is 13.8 Å². The van der Waals surface area contributed by atoms with E-state index in [2.05, 4.69) is 20.7 Å². The molecule has 0 aliphatic carbocycles. The van der Waals surface area contributed by atoms with Crippen molar-refractivity contribution >= 4 is 18.0 Å². The molecule has 0 saturated carbocycles. The number of hydrogen-bond donors (Lipinski definition) is 2. The standard InChI is InChI=1S/C20H32N6O4/c1-14(2)13-26(16-8-10-22-15(12-21)24-16)25-18(28)30-20(6,7)9-11-23-17(27)29-19(3,4)5/h8,10,14H,9,11,13H2,1-7H3,(H,23,27)(H,25,28). The highest BCUT2D eigenvalue weighted by Gasteiger charge is 2.25. The minimum Gasteiger partial charge on any atom is -0.444 e. The van der Waals surface area contributed by atoms with Crippen molar-refractivity contribution in [2.45, 2.75) is 66.1 Å². The number of amides is 2. The minimum absolute atomic E-state index is 0.00460. The molecule has 0 bridgehead atoms. The van der Waals surface area contributed by atoms with Gasteiger partial charge >= 0.3 is 12.2 Å². The Hall–Kier alpha value is -3.09. The van der Waals surface area contributed by atoms with Gasteiger partial charge in [-0.15, -0.1) is 0 Å². The van der Waals surface area contributed by atoms with Gasteiger partial charge in [-0.3, -0.25) is 5.01 Å². The van der Waals surface area contributed by atoms with Gasteiger partial charge in [-0.25, -0.2) is 20.0 Å². The molecule has 0 saturated heterocycles. The van der Waals surface area contributed by atoms with Gasteiger partial charge in [-0.05, 0) is 40.5 Å². The summed E-state index contributed by atoms with van der Waals surface area (Å²) in [5.41, 5.74) is 1.24. The number of carbonyl (C=O) groups excluding carboxylic acids is 2. The number of ether oxygens (including phenoxy) is 2. The summed E-state index contributed by atoms with van der Waals surface area (Å²) in [5.74, 6) is 0.596. The number of nitrogens with one attached hydrogen (secondary N) is 2. The lowest BCUT2D eigenvalue weighted by atomic mass is 10.1. The Balaban J connectivity index is 2.66. The van der Waals surface area contributed by atoms with Gasteiger partial charge in [-0.2, -0.15) is 10.2 Å². The molecule has 2 amide bonds. The Morgan fingerprint density at radius 1 is 1.20 bits per heavy atom. The molecule has 10 heteroatoms. The van der Waals surface area contributed by atoms with E-state index in [9.17, 15) is 9.59 Å². The number of hydrogen-bond acceptors (Lipinski definition) is 8. The molecule has 0 spiro atoms. The molecule has 1 aromatic rings. The zero-order chi connectivity index (χ0) is 22.9. The van der Waals surface area contributed by atoms with E-state index < -0.39 is 23.4 Å². The third-order valence-corrected chi connectivity index (χ3v) is 3.56. The summed E-state index contributed by atoms with van der Waals surface area (Å²) >= 11 is 0. The van der Waals surface area contributed by atoms with E-state index in [-0.39, 0.29) is 18.3 Å². The van der Waals surface area contributed by atoms with Crippen LogP contribution in [0.25, 0.3) is 0 Å². The number of anilines is 1. The van der Waals surface area contributed by atoms with Crippen molar-refractivity contribution in [2.75, 3.05) is 18.1 Å². The fourth-order valence-corrected chi connectivity index (χ4v) is 2.33. The van der Waals surface area contributed by atoms with Crippen molar-refractivity contribution in [3.63, 3.8) is 0 Å². The number of nitriles is 1. The SMILES string of the molecule is CC(C)CN(NC(=O)OC(C)(C)CCNC(=O)OC(C)(C)C)c1ccnc(C#N)n1. The summed E-state index contributed by atoms with van der Waals surface area (Å²) in [5, 5.41) is 13.2. The van der Waals surface area contributed by atoms with Gasteiger partial charge in [0.25, 0.3) is 0 Å². The summed E-state index contributed by atoms with van der Waals surface area (Å²) in [7, 11) is 0. The summed E-state index contributed by atoms with van der Waals surface area (Å²) in [4.78, 5) is 32.2. The van der Waals surface area contributed by atoms with Crippen LogP contribution in [0.1, 0.15) is 60.7 Å². The Kier molecular flexibility index (Phi) is 8.83. The molecule has 0 unspecified atom stereocenters. The molecule has 0 aromatic carbocycles. The van der Waals surface area contributed by atoms with Gasteiger partial charge in [0, 0.05) is 31.8 Å². The molecule has 1 rings (SSSR count). The van der Waals surface area contributed by atoms with Crippen LogP contribution in [0.3, 0.4) is 0 Å². The van der Waals surface area contributed by atoms with Crippen LogP contribution in [0, 0.1) is 17.2 Å². The zero-order valence-corrected chi connectivity index (χ0v) is 18.8. The van der Waals surface area contributed by atoms with E-state index in [1.54, 1.807) is 40.7 Å². The second-order valence-corrected chi connectivity index (χ2v) is 8.79. The monoisotopic (exact) mass is 420 g/mol. The van der Waals surface area contributed by atoms with Crippen molar-refractivity contribution in [1.29, 1.82) is 5.26 Å². The van der Waals surface area contributed by atoms with Crippen molar-refractivity contribution in [3.05, 3.63) is 18.1 Å². The van der Waals surface area contributed by atoms with E-state index in [1.165, 1.54) is 11.2 Å². The van der Waals surface area contributed by atoms with Crippen LogP contribution in [-0.4, -0.2) is 46.4 Å². The molecule has 0 aliphatic heterocycles. The lowest BCUT2D eigenvalue weighted by Gasteiger charge is -2.30. The normalized spacial score (nSPS) is 11.4. The lowest BCUT2D eigenvalue weighted by molar-refractivity contribution is 0.0295. The third-order valence-electron chi connectivity index (χ3n) is 3.56. The Labute approximate surface area is 177 Å². The second-order valence-electron chi connectivity index (χ2n) is 8.79. The molecule has 2 N–H and O–H groups in total. The predicted octanol–water partition coefficient (Wildman–Crippen LogP) is 3.15. The Bertz CT molecular complexity index is 767. The van der Waals surface area contributed by atoms with E-state index in [4.69, 9.17) is 14.7 Å². The summed E-state index contributed by atoms with van der Waals surface area (Å²) in [6.07, 6.45) is 0.640. The molecule has 0 fully saturated rings. The number of carbonyl (C=O) groups is 2. The van der Waals surface area contributed by atoms with Gasteiger partial charge in [0.05, 0.1) is 0 Å². The molecular formula is C20H32N6O4. The first kappa shape index (κ1) is 24.9. The van der Waals surface area contributed by atoms with E-state index in [1.807, 2.05) is 19.9 Å². The van der Waals surface area contributed by atoms with Crippen LogP contribution >= 0.6 is 0 Å². The van der Waals surface area contributed by atoms with Crippen LogP contribution < -0.4 is 15.8 Å². The number of hydrazine groups is 1. The summed E-state index contributed by atoms with van der Waals surface area (Å²) in [6.45, 7) is 13.5. The van der Waals surface area contributed by atoms with Crippen LogP contribution in [0.4, 0.5) is 15.4 Å². The maximum atomic E-state index is 12.5. The number of alkyl carbamates (subject to hydrolysis) is 1. The Morgan fingerprint density at radius 2 is 1.87 bits per heavy atom. The third kappa shape index (κ3) is 9.91. The van der Waals surface area contributed by atoms with Crippen molar-refractivity contribution in [1.82, 2.24) is 20.7 Å². The first-order chi connectivity index (χ1) is 13.8. The zero-order valence-electron chi connectivity index (χ0n) is 18.8. The van der Waals surface area contributed by atoms with E-state index in [0.717, 1.165) is 0 Å². The smallest absolute Gasteiger partial charge is 0.426 e. The summed E-state index contributed by atoms with van der Waals surface area (Å²) in [6, 6.07) is 3.47. The number of nitrogens with zero attached hydrogens (tertiary/aromatic N) is 4. The average Bonchev–Trinajstić information content (AvgIpc) is 2.58. The summed E-state index contributed by atoms with van der Waals surface area (Å²) < 4.78 is 10.7. The molecule has 1 heterocycles. The fourth-order valence-electron chi connectivity index (χ4n) is 2.33. The molecule has 0 atom stereocenters. The maximum Gasteiger partial charge on any atom is 0.426 e. The molecule has 166 valence electrons. The van der Waals surface area contributed by atoms with Crippen LogP contribution in [0.5, 0.6) is 0 Å². The van der Waals surface area contributed by atoms with E-state index >= 15 is 0 Å². The van der Waals surface area contributed by atoms with Gasteiger partial charge in [0.1, 0.15) is 17.3 Å². The minimum atomic E-state index is -0.841. The molecule has 30 heavy (non-hydrogen) atoms. The maximum absolute atomic E-state index is 12.5. The molecule has 0 aliphatic rings. The first-order valence-electron chi connectivity index (χ1n) is 9.78. The highest BCUT2D eigenvalue weighted by Crippen LogP contribution is 2.16. The van der Waals surface area contributed by atoms with Crippen LogP contribution in [-0.2, 0) is 9.47 Å². The van der Waals surface area contributed by atoms with Crippen LogP contribution in [0.15, 0.2) is 12.3 Å². The fraction of sp³-hybridized carbons (Fsp3) is 0.650. The quantitative estimate of drug-likeness (QED) is 0.614. The molecule has 1 aromatic heterocycles. The number of aromatic nitrogens is 2. The lowest BCUT2D eigenvalue weighted by Crippen LogP contribution is -2.48. The van der Waals surface area contributed by atoms with Crippen molar-refractivity contribution < 1.29 is 19.1 Å². The topological polar surface area (TPSA) is 129 Å². The Morgan fingerprint density at radius 3 is 2.43 bits per heavy atom. The predicted molar refractivity (Wildman–Crippen MR) is 111 cm³/mol. The molecular weight excluding hydrogens is 388 g/mol. The average molecular weight is 421 g/mol. The van der Waals surface area contributed by atoms with Gasteiger partial charge in [0.15, 0.2) is 5.82 Å². The number of rotatable bonds is 8. The largest absolute Gasteiger partial charge is 0.444 e. The highest BCUT2D eigenvalue weighted by molar-refractivity contribution is 5.70. The van der Waals surface area contributed by atoms with Crippen LogP contribution in [0.2, 0.25) is 0 Å². The van der Waals surface area contributed by atoms with Gasteiger partial charge < -0.3 is 14.8 Å². The molecule has 0 radical (unpaired) electrons. The van der Waals surface area contributed by atoms with E-state index in [0.29, 0.717) is 18.8 Å². The second kappa shape index (κ2) is 10.6. The van der Waals surface area contributed by atoms with Gasteiger partial charge in [0.2, 0.25) is 5.82 Å². The van der Waals surface area contributed by atoms with Crippen molar-refractivity contribution in [2.24, 2.45) is 5.92 Å². The molecule has 10 nitrogen and oxygen atoms in total. The first-order valence-corrected chi connectivity index (χ1v) is 9.78. The van der Waals surface area contributed by atoms with Crippen molar-refractivity contribution in [3.8, 4) is 6.07 Å². The highest BCUT2D eigenvalue weighted by atomic mass is 16.6.